The summed E-state index contributed by atoms with van der Waals surface area (Å²) >= 11 is 7.44. The molecule has 4 nitrogen and oxygen atoms in total. The highest BCUT2D eigenvalue weighted by Crippen LogP contribution is 2.28. The predicted octanol–water partition coefficient (Wildman–Crippen LogP) is 6.33. The lowest BCUT2D eigenvalue weighted by Gasteiger charge is -2.19. The molecule has 3 rings (SSSR count). The van der Waals surface area contributed by atoms with Gasteiger partial charge in [0.25, 0.3) is 0 Å². The molecule has 2 aromatic carbocycles. The van der Waals surface area contributed by atoms with Crippen molar-refractivity contribution in [3.05, 3.63) is 75.8 Å². The van der Waals surface area contributed by atoms with Gasteiger partial charge in [0.05, 0.1) is 11.6 Å². The van der Waals surface area contributed by atoms with Crippen LogP contribution in [0.3, 0.4) is 0 Å². The van der Waals surface area contributed by atoms with Crippen LogP contribution in [0.15, 0.2) is 53.9 Å². The number of rotatable bonds is 7. The number of hydrogen-bond donors (Lipinski definition) is 1. The first-order valence-corrected chi connectivity index (χ1v) is 10.4. The summed E-state index contributed by atoms with van der Waals surface area (Å²) in [7, 11) is 0. The molecule has 0 saturated carbocycles. The fraction of sp³-hybridized carbons (Fsp3) is 0.273. The van der Waals surface area contributed by atoms with Crippen molar-refractivity contribution in [1.82, 2.24) is 4.98 Å². The number of nitrogens with one attached hydrogen (secondary N) is 1. The molecule has 0 aliphatic heterocycles. The summed E-state index contributed by atoms with van der Waals surface area (Å²) in [6.07, 6.45) is 0. The van der Waals surface area contributed by atoms with Crippen LogP contribution in [0.1, 0.15) is 36.6 Å². The lowest BCUT2D eigenvalue weighted by Crippen LogP contribution is -2.20. The minimum absolute atomic E-state index is 0.114. The molecule has 0 unspecified atom stereocenters. The molecule has 0 fully saturated rings. The van der Waals surface area contributed by atoms with Crippen LogP contribution >= 0.6 is 22.9 Å². The molecule has 0 radical (unpaired) electrons. The molecule has 146 valence electrons. The van der Waals surface area contributed by atoms with Gasteiger partial charge in [0.1, 0.15) is 6.61 Å². The number of carbonyl (C=O) groups excluding carboxylic acids is 1. The molecule has 3 aromatic rings. The van der Waals surface area contributed by atoms with Crippen molar-refractivity contribution < 1.29 is 9.53 Å². The van der Waals surface area contributed by atoms with Crippen molar-refractivity contribution in [3.63, 3.8) is 0 Å². The van der Waals surface area contributed by atoms with Gasteiger partial charge in [-0.3, -0.25) is 4.79 Å². The fourth-order valence-corrected chi connectivity index (χ4v) is 3.73. The van der Waals surface area contributed by atoms with Crippen molar-refractivity contribution in [2.75, 3.05) is 5.32 Å². The minimum atomic E-state index is -0.332. The van der Waals surface area contributed by atoms with E-state index in [1.165, 1.54) is 16.9 Å². The molecular weight excluding hydrogens is 392 g/mol. The zero-order chi connectivity index (χ0) is 20.1. The van der Waals surface area contributed by atoms with Gasteiger partial charge in [0, 0.05) is 16.1 Å². The molecule has 6 heteroatoms. The van der Waals surface area contributed by atoms with Crippen LogP contribution in [-0.2, 0) is 16.1 Å². The third kappa shape index (κ3) is 5.33. The second kappa shape index (κ2) is 9.22. The molecule has 28 heavy (non-hydrogen) atoms. The van der Waals surface area contributed by atoms with Gasteiger partial charge in [-0.1, -0.05) is 55.3 Å². The number of anilines is 2. The molecule has 0 saturated heterocycles. The number of thiazole rings is 1. The van der Waals surface area contributed by atoms with Crippen molar-refractivity contribution in [1.29, 1.82) is 0 Å². The number of nitrogens with zero attached hydrogens (tertiary/aromatic N) is 1. The number of carbonyl (C=O) groups is 1. The maximum absolute atomic E-state index is 12.7. The Balaban J connectivity index is 1.61. The SMILES string of the molecule is Cc1ccc(Nc2nc(COC(=O)[C@@H](c3ccc(Cl)cc3)C(C)C)cs2)cc1. The Bertz CT molecular complexity index is 920. The van der Waals surface area contributed by atoms with Gasteiger partial charge in [-0.25, -0.2) is 4.98 Å². The minimum Gasteiger partial charge on any atom is -0.459 e. The molecule has 1 N–H and O–H groups in total. The number of benzene rings is 2. The third-order valence-electron chi connectivity index (χ3n) is 4.37. The zero-order valence-electron chi connectivity index (χ0n) is 16.1. The monoisotopic (exact) mass is 414 g/mol. The van der Waals surface area contributed by atoms with Gasteiger partial charge >= 0.3 is 5.97 Å². The van der Waals surface area contributed by atoms with Crippen LogP contribution in [0.25, 0.3) is 0 Å². The van der Waals surface area contributed by atoms with Crippen molar-refractivity contribution in [2.24, 2.45) is 5.92 Å². The van der Waals surface area contributed by atoms with E-state index in [1.807, 2.05) is 62.5 Å². The van der Waals surface area contributed by atoms with Crippen LogP contribution in [0.5, 0.6) is 0 Å². The average Bonchev–Trinajstić information content (AvgIpc) is 3.11. The second-order valence-electron chi connectivity index (χ2n) is 7.02. The standard InChI is InChI=1S/C22H23ClN2O2S/c1-14(2)20(16-6-8-17(23)9-7-16)21(26)27-12-19-13-28-22(25-19)24-18-10-4-15(3)5-11-18/h4-11,13-14,20H,12H2,1-3H3,(H,24,25)/t20-/m1/s1. The van der Waals surface area contributed by atoms with E-state index in [-0.39, 0.29) is 24.4 Å². The Labute approximate surface area is 174 Å². The van der Waals surface area contributed by atoms with E-state index in [0.717, 1.165) is 22.1 Å². The van der Waals surface area contributed by atoms with E-state index in [9.17, 15) is 4.79 Å². The van der Waals surface area contributed by atoms with Crippen molar-refractivity contribution >= 4 is 39.7 Å². The quantitative estimate of drug-likeness (QED) is 0.459. The summed E-state index contributed by atoms with van der Waals surface area (Å²) in [4.78, 5) is 17.2. The van der Waals surface area contributed by atoms with Gasteiger partial charge < -0.3 is 10.1 Å². The van der Waals surface area contributed by atoms with Gasteiger partial charge in [-0.2, -0.15) is 0 Å². The number of esters is 1. The zero-order valence-corrected chi connectivity index (χ0v) is 17.7. The fourth-order valence-electron chi connectivity index (χ4n) is 2.89. The van der Waals surface area contributed by atoms with Crippen LogP contribution in [0, 0.1) is 12.8 Å². The van der Waals surface area contributed by atoms with E-state index in [2.05, 4.69) is 10.3 Å². The lowest BCUT2D eigenvalue weighted by atomic mass is 9.88. The van der Waals surface area contributed by atoms with E-state index in [0.29, 0.717) is 5.02 Å². The Hall–Kier alpha value is -2.37. The van der Waals surface area contributed by atoms with Gasteiger partial charge in [-0.05, 0) is 42.7 Å². The molecule has 1 atom stereocenters. The second-order valence-corrected chi connectivity index (χ2v) is 8.31. The summed E-state index contributed by atoms with van der Waals surface area (Å²) in [5.41, 5.74) is 3.82. The molecule has 0 amide bonds. The molecule has 1 heterocycles. The van der Waals surface area contributed by atoms with Gasteiger partial charge in [0.2, 0.25) is 0 Å². The summed E-state index contributed by atoms with van der Waals surface area (Å²) in [5.74, 6) is -0.470. The first-order chi connectivity index (χ1) is 13.4. The maximum atomic E-state index is 12.7. The maximum Gasteiger partial charge on any atom is 0.314 e. The Morgan fingerprint density at radius 3 is 2.46 bits per heavy atom. The normalized spacial score (nSPS) is 12.0. The molecule has 1 aromatic heterocycles. The van der Waals surface area contributed by atoms with E-state index >= 15 is 0 Å². The summed E-state index contributed by atoms with van der Waals surface area (Å²) < 4.78 is 5.56. The third-order valence-corrected chi connectivity index (χ3v) is 5.43. The van der Waals surface area contributed by atoms with Crippen LogP contribution in [-0.4, -0.2) is 11.0 Å². The van der Waals surface area contributed by atoms with E-state index in [4.69, 9.17) is 16.3 Å². The highest BCUT2D eigenvalue weighted by Gasteiger charge is 2.26. The number of hydrogen-bond acceptors (Lipinski definition) is 5. The molecule has 0 bridgehead atoms. The highest BCUT2D eigenvalue weighted by molar-refractivity contribution is 7.13. The van der Waals surface area contributed by atoms with E-state index < -0.39 is 0 Å². The average molecular weight is 415 g/mol. The predicted molar refractivity (Wildman–Crippen MR) is 115 cm³/mol. The Morgan fingerprint density at radius 2 is 1.82 bits per heavy atom. The van der Waals surface area contributed by atoms with Crippen LogP contribution in [0.2, 0.25) is 5.02 Å². The Morgan fingerprint density at radius 1 is 1.14 bits per heavy atom. The van der Waals surface area contributed by atoms with Gasteiger partial charge in [0.15, 0.2) is 5.13 Å². The number of ether oxygens (including phenoxy) is 1. The topological polar surface area (TPSA) is 51.2 Å². The summed E-state index contributed by atoms with van der Waals surface area (Å²) in [6.45, 7) is 6.22. The van der Waals surface area contributed by atoms with Gasteiger partial charge in [-0.15, -0.1) is 11.3 Å². The largest absolute Gasteiger partial charge is 0.459 e. The van der Waals surface area contributed by atoms with Crippen molar-refractivity contribution in [3.8, 4) is 0 Å². The number of aryl methyl sites for hydroxylation is 1. The molecule has 0 aliphatic carbocycles. The smallest absolute Gasteiger partial charge is 0.314 e. The molecule has 0 aliphatic rings. The first kappa shape index (κ1) is 20.4. The summed E-state index contributed by atoms with van der Waals surface area (Å²) in [5, 5.41) is 6.59. The number of aromatic nitrogens is 1. The lowest BCUT2D eigenvalue weighted by molar-refractivity contribution is -0.148. The van der Waals surface area contributed by atoms with Crippen LogP contribution in [0.4, 0.5) is 10.8 Å². The molecular formula is C22H23ClN2O2S. The van der Waals surface area contributed by atoms with Crippen LogP contribution < -0.4 is 5.32 Å². The van der Waals surface area contributed by atoms with Crippen molar-refractivity contribution in [2.45, 2.75) is 33.3 Å². The van der Waals surface area contributed by atoms with E-state index in [1.54, 1.807) is 12.1 Å². The highest BCUT2D eigenvalue weighted by atomic mass is 35.5. The summed E-state index contributed by atoms with van der Waals surface area (Å²) in [6, 6.07) is 15.4. The first-order valence-electron chi connectivity index (χ1n) is 9.12. The number of halogens is 1. The molecule has 0 spiro atoms. The Kier molecular flexibility index (Phi) is 6.70.